The maximum Gasteiger partial charge on any atom is 0.225 e. The molecule has 0 saturated carbocycles. The molecule has 2 aliphatic heterocycles. The van der Waals surface area contributed by atoms with Crippen LogP contribution in [0.1, 0.15) is 44.2 Å². The number of likely N-dealkylation sites (tertiary alicyclic amines) is 1. The van der Waals surface area contributed by atoms with Gasteiger partial charge >= 0.3 is 0 Å². The van der Waals surface area contributed by atoms with Crippen LogP contribution in [0.4, 0.5) is 0 Å². The van der Waals surface area contributed by atoms with Gasteiger partial charge in [-0.25, -0.2) is 0 Å². The summed E-state index contributed by atoms with van der Waals surface area (Å²) in [4.78, 5) is 26.2. The highest BCUT2D eigenvalue weighted by atomic mass is 35.5. The van der Waals surface area contributed by atoms with Gasteiger partial charge in [-0.2, -0.15) is 0 Å². The summed E-state index contributed by atoms with van der Waals surface area (Å²) in [5.41, 5.74) is 0.977. The Morgan fingerprint density at radius 2 is 1.92 bits per heavy atom. The fourth-order valence-electron chi connectivity index (χ4n) is 3.66. The van der Waals surface area contributed by atoms with Crippen molar-refractivity contribution in [2.24, 2.45) is 0 Å². The molecule has 24 heavy (non-hydrogen) atoms. The first kappa shape index (κ1) is 18.7. The molecule has 1 aromatic carbocycles. The summed E-state index contributed by atoms with van der Waals surface area (Å²) in [5.74, 6) is 0.0187. The molecule has 2 fully saturated rings. The smallest absolute Gasteiger partial charge is 0.225 e. The van der Waals surface area contributed by atoms with Gasteiger partial charge in [-0.3, -0.25) is 9.59 Å². The van der Waals surface area contributed by atoms with Crippen LogP contribution in [-0.4, -0.2) is 41.9 Å². The van der Waals surface area contributed by atoms with Crippen LogP contribution in [-0.2, 0) is 9.59 Å². The van der Waals surface area contributed by atoms with Crippen molar-refractivity contribution >= 4 is 24.2 Å². The van der Waals surface area contributed by atoms with E-state index in [9.17, 15) is 9.59 Å². The van der Waals surface area contributed by atoms with E-state index in [4.69, 9.17) is 0 Å². The van der Waals surface area contributed by atoms with Crippen molar-refractivity contribution in [1.82, 2.24) is 15.5 Å². The first-order chi connectivity index (χ1) is 11.1. The molecule has 2 aliphatic rings. The normalized spacial score (nSPS) is 23.8. The van der Waals surface area contributed by atoms with Gasteiger partial charge in [0.1, 0.15) is 0 Å². The van der Waals surface area contributed by atoms with Crippen LogP contribution >= 0.6 is 12.4 Å². The number of nitrogens with zero attached hydrogens (tertiary/aromatic N) is 1. The third kappa shape index (κ3) is 4.71. The molecular weight excluding hydrogens is 326 g/mol. The molecule has 0 aliphatic carbocycles. The van der Waals surface area contributed by atoms with Crippen LogP contribution in [0, 0.1) is 0 Å². The number of hydrogen-bond acceptors (Lipinski definition) is 3. The molecule has 2 bridgehead atoms. The number of rotatable bonds is 4. The number of benzene rings is 1. The van der Waals surface area contributed by atoms with Crippen LogP contribution in [0.15, 0.2) is 30.3 Å². The zero-order valence-corrected chi connectivity index (χ0v) is 14.8. The molecule has 2 N–H and O–H groups in total. The van der Waals surface area contributed by atoms with Crippen LogP contribution in [0.3, 0.4) is 0 Å². The first-order valence-corrected chi connectivity index (χ1v) is 8.47. The standard InChI is InChI=1S/C18H25N3O2.ClH/c1-13(22)19-17(14-5-3-2-4-6-14)11-18(23)21-10-9-15-7-8-16(12-21)20-15;/h2-6,15-17,20H,7-12H2,1H3,(H,19,22);1H. The summed E-state index contributed by atoms with van der Waals surface area (Å²) in [5, 5.41) is 6.50. The Bertz CT molecular complexity index is 567. The Labute approximate surface area is 149 Å². The fourth-order valence-corrected chi connectivity index (χ4v) is 3.66. The van der Waals surface area contributed by atoms with E-state index in [1.165, 1.54) is 13.3 Å². The molecule has 6 heteroatoms. The minimum absolute atomic E-state index is 0. The number of carbonyl (C=O) groups is 2. The Balaban J connectivity index is 0.00000208. The highest BCUT2D eigenvalue weighted by molar-refractivity contribution is 5.85. The monoisotopic (exact) mass is 351 g/mol. The highest BCUT2D eigenvalue weighted by Gasteiger charge is 2.31. The number of nitrogens with one attached hydrogen (secondary N) is 2. The van der Waals surface area contributed by atoms with Gasteiger partial charge in [-0.1, -0.05) is 30.3 Å². The molecule has 132 valence electrons. The van der Waals surface area contributed by atoms with E-state index in [-0.39, 0.29) is 30.3 Å². The number of halogens is 1. The van der Waals surface area contributed by atoms with Crippen LogP contribution in [0.2, 0.25) is 0 Å². The van der Waals surface area contributed by atoms with Gasteiger partial charge in [0.05, 0.1) is 12.5 Å². The minimum atomic E-state index is -0.255. The summed E-state index contributed by atoms with van der Waals surface area (Å²) >= 11 is 0. The largest absolute Gasteiger partial charge is 0.349 e. The van der Waals surface area contributed by atoms with Crippen molar-refractivity contribution in [1.29, 1.82) is 0 Å². The Kier molecular flexibility index (Phi) is 6.63. The summed E-state index contributed by atoms with van der Waals surface area (Å²) in [7, 11) is 0. The summed E-state index contributed by atoms with van der Waals surface area (Å²) in [6.45, 7) is 3.10. The SMILES string of the molecule is CC(=O)NC(CC(=O)N1CCC2CCC(C1)N2)c1ccccc1.Cl. The van der Waals surface area contributed by atoms with Gasteiger partial charge in [0.25, 0.3) is 0 Å². The summed E-state index contributed by atoms with van der Waals surface area (Å²) < 4.78 is 0. The Hall–Kier alpha value is -1.59. The third-order valence-corrected chi connectivity index (χ3v) is 4.83. The van der Waals surface area contributed by atoms with Crippen molar-refractivity contribution in [3.05, 3.63) is 35.9 Å². The van der Waals surface area contributed by atoms with Gasteiger partial charge in [-0.05, 0) is 24.8 Å². The van der Waals surface area contributed by atoms with Crippen LogP contribution < -0.4 is 10.6 Å². The van der Waals surface area contributed by atoms with E-state index in [1.807, 2.05) is 35.2 Å². The van der Waals surface area contributed by atoms with Gasteiger partial charge in [0.15, 0.2) is 0 Å². The number of hydrogen-bond donors (Lipinski definition) is 2. The molecular formula is C18H26ClN3O2. The molecule has 2 heterocycles. The Morgan fingerprint density at radius 3 is 2.62 bits per heavy atom. The fraction of sp³-hybridized carbons (Fsp3) is 0.556. The molecule has 3 atom stereocenters. The highest BCUT2D eigenvalue weighted by Crippen LogP contribution is 2.23. The molecule has 2 amide bonds. The van der Waals surface area contributed by atoms with Crippen LogP contribution in [0.25, 0.3) is 0 Å². The van der Waals surface area contributed by atoms with E-state index in [0.717, 1.165) is 31.5 Å². The summed E-state index contributed by atoms with van der Waals surface area (Å²) in [6.07, 6.45) is 3.73. The second-order valence-electron chi connectivity index (χ2n) is 6.63. The van der Waals surface area contributed by atoms with E-state index >= 15 is 0 Å². The summed E-state index contributed by atoms with van der Waals surface area (Å²) in [6, 6.07) is 10.5. The molecule has 0 spiro atoms. The van der Waals surface area contributed by atoms with E-state index < -0.39 is 0 Å². The van der Waals surface area contributed by atoms with Crippen molar-refractivity contribution in [2.45, 2.75) is 50.7 Å². The average Bonchev–Trinajstić information content (AvgIpc) is 2.86. The van der Waals surface area contributed by atoms with Crippen molar-refractivity contribution in [3.8, 4) is 0 Å². The lowest BCUT2D eigenvalue weighted by molar-refractivity contribution is -0.132. The Morgan fingerprint density at radius 1 is 1.21 bits per heavy atom. The zero-order valence-electron chi connectivity index (χ0n) is 14.0. The lowest BCUT2D eigenvalue weighted by Gasteiger charge is -2.27. The van der Waals surface area contributed by atoms with E-state index in [1.54, 1.807) is 0 Å². The lowest BCUT2D eigenvalue weighted by atomic mass is 10.0. The van der Waals surface area contributed by atoms with Gasteiger partial charge in [0.2, 0.25) is 11.8 Å². The molecule has 1 aromatic rings. The predicted molar refractivity (Wildman–Crippen MR) is 96.0 cm³/mol. The van der Waals surface area contributed by atoms with Gasteiger partial charge < -0.3 is 15.5 Å². The number of amides is 2. The molecule has 0 aromatic heterocycles. The molecule has 3 rings (SSSR count). The predicted octanol–water partition coefficient (Wildman–Crippen LogP) is 2.03. The lowest BCUT2D eigenvalue weighted by Crippen LogP contribution is -2.41. The minimum Gasteiger partial charge on any atom is -0.349 e. The van der Waals surface area contributed by atoms with Crippen molar-refractivity contribution in [2.75, 3.05) is 13.1 Å². The van der Waals surface area contributed by atoms with Crippen LogP contribution in [0.5, 0.6) is 0 Å². The van der Waals surface area contributed by atoms with Crippen molar-refractivity contribution in [3.63, 3.8) is 0 Å². The van der Waals surface area contributed by atoms with E-state index in [0.29, 0.717) is 18.5 Å². The second-order valence-corrected chi connectivity index (χ2v) is 6.63. The quantitative estimate of drug-likeness (QED) is 0.872. The second kappa shape index (κ2) is 8.49. The van der Waals surface area contributed by atoms with Gasteiger partial charge in [0, 0.05) is 32.1 Å². The van der Waals surface area contributed by atoms with E-state index in [2.05, 4.69) is 10.6 Å². The maximum atomic E-state index is 12.7. The molecule has 3 unspecified atom stereocenters. The van der Waals surface area contributed by atoms with Crippen molar-refractivity contribution < 1.29 is 9.59 Å². The number of carbonyl (C=O) groups excluding carboxylic acids is 2. The molecule has 0 radical (unpaired) electrons. The molecule has 5 nitrogen and oxygen atoms in total. The average molecular weight is 352 g/mol. The van der Waals surface area contributed by atoms with Gasteiger partial charge in [-0.15, -0.1) is 12.4 Å². The third-order valence-electron chi connectivity index (χ3n) is 4.83. The number of fused-ring (bicyclic) bond motifs is 2. The molecule has 2 saturated heterocycles. The topological polar surface area (TPSA) is 61.4 Å². The first-order valence-electron chi connectivity index (χ1n) is 8.47. The zero-order chi connectivity index (χ0) is 16.2. The maximum absolute atomic E-state index is 12.7.